The van der Waals surface area contributed by atoms with Gasteiger partial charge in [-0.1, -0.05) is 0 Å². The van der Waals surface area contributed by atoms with E-state index in [9.17, 15) is 4.79 Å². The van der Waals surface area contributed by atoms with Crippen molar-refractivity contribution >= 4 is 5.91 Å². The van der Waals surface area contributed by atoms with Crippen molar-refractivity contribution in [2.75, 3.05) is 0 Å². The molecule has 130 valence electrons. The lowest BCUT2D eigenvalue weighted by atomic mass is 9.48. The van der Waals surface area contributed by atoms with Crippen LogP contribution in [0.4, 0.5) is 0 Å². The molecule has 6 rings (SSSR count). The van der Waals surface area contributed by atoms with Crippen LogP contribution in [0.25, 0.3) is 0 Å². The highest BCUT2D eigenvalue weighted by Gasteiger charge is 2.53. The van der Waals surface area contributed by atoms with Crippen LogP contribution in [0.3, 0.4) is 0 Å². The molecule has 4 bridgehead atoms. The van der Waals surface area contributed by atoms with E-state index in [0.29, 0.717) is 11.5 Å². The van der Waals surface area contributed by atoms with Gasteiger partial charge in [-0.2, -0.15) is 0 Å². The first-order valence-electron chi connectivity index (χ1n) is 9.92. The second-order valence-corrected chi connectivity index (χ2v) is 9.24. The molecule has 4 saturated carbocycles. The average molecular weight is 327 g/mol. The van der Waals surface area contributed by atoms with E-state index in [1.165, 1.54) is 38.5 Å². The topological polar surface area (TPSA) is 46.9 Å². The van der Waals surface area contributed by atoms with Crippen molar-refractivity contribution in [1.82, 2.24) is 14.9 Å². The molecule has 1 N–H and O–H groups in total. The van der Waals surface area contributed by atoms with E-state index in [2.05, 4.69) is 21.8 Å². The number of hydrogen-bond acceptors (Lipinski definition) is 2. The molecule has 24 heavy (non-hydrogen) atoms. The number of aromatic nitrogens is 2. The third-order valence-corrected chi connectivity index (χ3v) is 7.68. The molecular formula is C20H29N3O. The maximum atomic E-state index is 12.9. The zero-order valence-corrected chi connectivity index (χ0v) is 14.7. The Labute approximate surface area is 144 Å². The number of hydrogen-bond donors (Lipinski definition) is 1. The van der Waals surface area contributed by atoms with Crippen molar-refractivity contribution in [3.05, 3.63) is 18.2 Å². The molecule has 0 saturated heterocycles. The SMILES string of the molecule is CC(NC(=O)C1CCn2ccnc2C1)C12CC3CC(CC(C3)C1)C2. The summed E-state index contributed by atoms with van der Waals surface area (Å²) in [5, 5.41) is 3.45. The van der Waals surface area contributed by atoms with E-state index in [-0.39, 0.29) is 11.8 Å². The Morgan fingerprint density at radius 3 is 2.58 bits per heavy atom. The molecule has 1 amide bonds. The third-order valence-electron chi connectivity index (χ3n) is 7.68. The summed E-state index contributed by atoms with van der Waals surface area (Å²) < 4.78 is 2.19. The van der Waals surface area contributed by atoms with Gasteiger partial charge in [-0.05, 0) is 75.0 Å². The molecule has 1 aromatic rings. The number of nitrogens with one attached hydrogen (secondary N) is 1. The molecule has 4 heteroatoms. The molecule has 1 aliphatic heterocycles. The fourth-order valence-electron chi connectivity index (χ4n) is 6.77. The quantitative estimate of drug-likeness (QED) is 0.927. The molecule has 2 atom stereocenters. The predicted molar refractivity (Wildman–Crippen MR) is 92.2 cm³/mol. The second kappa shape index (κ2) is 5.34. The lowest BCUT2D eigenvalue weighted by Gasteiger charge is -2.59. The molecule has 0 spiro atoms. The van der Waals surface area contributed by atoms with Crippen LogP contribution in [0.15, 0.2) is 12.4 Å². The highest BCUT2D eigenvalue weighted by atomic mass is 16.2. The van der Waals surface area contributed by atoms with Gasteiger partial charge in [0.2, 0.25) is 5.91 Å². The minimum Gasteiger partial charge on any atom is -0.353 e. The number of rotatable bonds is 3. The van der Waals surface area contributed by atoms with Crippen LogP contribution in [0.1, 0.15) is 57.7 Å². The van der Waals surface area contributed by atoms with E-state index in [0.717, 1.165) is 43.0 Å². The first kappa shape index (κ1) is 15.0. The number of amides is 1. The Balaban J connectivity index is 1.27. The molecule has 4 nitrogen and oxygen atoms in total. The zero-order chi connectivity index (χ0) is 16.3. The van der Waals surface area contributed by atoms with Gasteiger partial charge in [-0.25, -0.2) is 4.98 Å². The van der Waals surface area contributed by atoms with Gasteiger partial charge in [0, 0.05) is 37.3 Å². The van der Waals surface area contributed by atoms with E-state index in [1.54, 1.807) is 0 Å². The molecule has 2 heterocycles. The van der Waals surface area contributed by atoms with Crippen LogP contribution in [0, 0.1) is 29.1 Å². The summed E-state index contributed by atoms with van der Waals surface area (Å²) in [4.78, 5) is 17.3. The molecular weight excluding hydrogens is 298 g/mol. The summed E-state index contributed by atoms with van der Waals surface area (Å²) in [5.41, 5.74) is 0.400. The van der Waals surface area contributed by atoms with Gasteiger partial charge in [0.25, 0.3) is 0 Å². The number of imidazole rings is 1. The number of fused-ring (bicyclic) bond motifs is 1. The van der Waals surface area contributed by atoms with Gasteiger partial charge in [0.15, 0.2) is 0 Å². The zero-order valence-electron chi connectivity index (χ0n) is 14.7. The van der Waals surface area contributed by atoms with Crippen LogP contribution in [-0.4, -0.2) is 21.5 Å². The molecule has 5 aliphatic rings. The Morgan fingerprint density at radius 2 is 1.92 bits per heavy atom. The fraction of sp³-hybridized carbons (Fsp3) is 0.800. The summed E-state index contributed by atoms with van der Waals surface area (Å²) in [6.45, 7) is 3.22. The highest BCUT2D eigenvalue weighted by molar-refractivity contribution is 5.79. The van der Waals surface area contributed by atoms with Gasteiger partial charge in [-0.3, -0.25) is 4.79 Å². The van der Waals surface area contributed by atoms with Crippen LogP contribution in [0.2, 0.25) is 0 Å². The van der Waals surface area contributed by atoms with Crippen molar-refractivity contribution in [3.8, 4) is 0 Å². The van der Waals surface area contributed by atoms with Gasteiger partial charge in [0.1, 0.15) is 5.82 Å². The first-order chi connectivity index (χ1) is 11.6. The number of carbonyl (C=O) groups excluding carboxylic acids is 1. The number of nitrogens with zero attached hydrogens (tertiary/aromatic N) is 2. The van der Waals surface area contributed by atoms with E-state index in [4.69, 9.17) is 0 Å². The monoisotopic (exact) mass is 327 g/mol. The van der Waals surface area contributed by atoms with Gasteiger partial charge >= 0.3 is 0 Å². The van der Waals surface area contributed by atoms with Gasteiger partial charge in [0.05, 0.1) is 0 Å². The second-order valence-electron chi connectivity index (χ2n) is 9.24. The first-order valence-corrected chi connectivity index (χ1v) is 9.92. The summed E-state index contributed by atoms with van der Waals surface area (Å²) in [6.07, 6.45) is 14.1. The highest BCUT2D eigenvalue weighted by Crippen LogP contribution is 2.61. The Morgan fingerprint density at radius 1 is 1.25 bits per heavy atom. The average Bonchev–Trinajstić information content (AvgIpc) is 3.01. The Bertz CT molecular complexity index is 614. The van der Waals surface area contributed by atoms with Gasteiger partial charge < -0.3 is 9.88 Å². The predicted octanol–water partition coefficient (Wildman–Crippen LogP) is 3.17. The van der Waals surface area contributed by atoms with E-state index in [1.807, 2.05) is 12.4 Å². The van der Waals surface area contributed by atoms with Crippen molar-refractivity contribution in [2.24, 2.45) is 29.1 Å². The number of aryl methyl sites for hydroxylation is 1. The summed E-state index contributed by atoms with van der Waals surface area (Å²) >= 11 is 0. The largest absolute Gasteiger partial charge is 0.353 e. The maximum Gasteiger partial charge on any atom is 0.223 e. The normalized spacial score (nSPS) is 41.0. The van der Waals surface area contributed by atoms with Crippen LogP contribution in [0.5, 0.6) is 0 Å². The van der Waals surface area contributed by atoms with Crippen molar-refractivity contribution < 1.29 is 4.79 Å². The van der Waals surface area contributed by atoms with Crippen LogP contribution >= 0.6 is 0 Å². The fourth-order valence-corrected chi connectivity index (χ4v) is 6.77. The number of carbonyl (C=O) groups is 1. The standard InChI is InChI=1S/C20H29N3O/c1-13(20-10-14-6-15(11-20)8-16(7-14)12-20)22-19(24)17-2-4-23-5-3-21-18(23)9-17/h3,5,13-17H,2,4,6-12H2,1H3,(H,22,24). The lowest BCUT2D eigenvalue weighted by molar-refractivity contribution is -0.130. The summed E-state index contributed by atoms with van der Waals surface area (Å²) in [5.74, 6) is 4.28. The van der Waals surface area contributed by atoms with E-state index < -0.39 is 0 Å². The van der Waals surface area contributed by atoms with Crippen LogP contribution in [-0.2, 0) is 17.8 Å². The van der Waals surface area contributed by atoms with Crippen molar-refractivity contribution in [3.63, 3.8) is 0 Å². The molecule has 0 radical (unpaired) electrons. The maximum absolute atomic E-state index is 12.9. The Kier molecular flexibility index (Phi) is 3.33. The molecule has 2 unspecified atom stereocenters. The Hall–Kier alpha value is -1.32. The molecule has 1 aromatic heterocycles. The molecule has 4 aliphatic carbocycles. The minimum atomic E-state index is 0.108. The minimum absolute atomic E-state index is 0.108. The van der Waals surface area contributed by atoms with Gasteiger partial charge in [-0.15, -0.1) is 0 Å². The van der Waals surface area contributed by atoms with E-state index >= 15 is 0 Å². The summed E-state index contributed by atoms with van der Waals surface area (Å²) in [7, 11) is 0. The molecule has 4 fully saturated rings. The van der Waals surface area contributed by atoms with Crippen molar-refractivity contribution in [1.29, 1.82) is 0 Å². The third kappa shape index (κ3) is 2.33. The molecule has 0 aromatic carbocycles. The summed E-state index contributed by atoms with van der Waals surface area (Å²) in [6, 6.07) is 0.333. The smallest absolute Gasteiger partial charge is 0.223 e. The van der Waals surface area contributed by atoms with Crippen LogP contribution < -0.4 is 5.32 Å². The lowest BCUT2D eigenvalue weighted by Crippen LogP contribution is -2.56. The van der Waals surface area contributed by atoms with Crippen molar-refractivity contribution in [2.45, 2.75) is 70.9 Å².